The molecule has 0 bridgehead atoms. The average molecular weight is 1540 g/mol. The van der Waals surface area contributed by atoms with Crippen LogP contribution in [0.4, 0.5) is 39.8 Å². The van der Waals surface area contributed by atoms with E-state index >= 15 is 0 Å². The molecule has 18 rings (SSSR count). The first-order valence-electron chi connectivity index (χ1n) is 44.8. The minimum atomic E-state index is -0.384. The standard InChI is InChI=1S/C113H107BN4/c1-110(2,3)86-63-80(64-87(69-86)111(4,5)6)62-79-55-58-102-106(66-79)117(76-100-97(84-42-26-16-27-43-84)72-89(113(10,11)12)73-98(100)85-44-28-17-29-45-85)108-68-81(75-116-103-51-35-34-50-94(103)99-74-92(56-59-104(99)116)118(90-46-30-18-31-47-90)91-48-32-19-33-49-91)67-107-109(108)114(102)101-57-54-78(53-52-77-36-20-13-21-37-77)65-105(101)115(107)61-60-93-95(82-38-22-14-23-39-82)70-88(112(7,8)9)71-96(93)83-40-24-15-25-41-83/h13-51,54-59,63-74H,52-53,60-62,75-76H2,1-12H3/i13D,20D,21D,36D,37D. The van der Waals surface area contributed by atoms with Gasteiger partial charge in [-0.25, -0.2) is 0 Å². The largest absolute Gasteiger partial charge is 0.342 e. The van der Waals surface area contributed by atoms with E-state index in [4.69, 9.17) is 4.11 Å². The lowest BCUT2D eigenvalue weighted by molar-refractivity contribution is 0.567. The van der Waals surface area contributed by atoms with Crippen molar-refractivity contribution in [3.05, 3.63) is 407 Å². The van der Waals surface area contributed by atoms with Crippen LogP contribution >= 0.6 is 0 Å². The molecular formula is C113H107BN4. The van der Waals surface area contributed by atoms with Crippen LogP contribution in [0.5, 0.6) is 0 Å². The van der Waals surface area contributed by atoms with E-state index < -0.39 is 0 Å². The van der Waals surface area contributed by atoms with E-state index in [1.165, 1.54) is 105 Å². The van der Waals surface area contributed by atoms with Crippen molar-refractivity contribution in [2.45, 2.75) is 144 Å². The maximum atomic E-state index is 9.22. The minimum absolute atomic E-state index is 0.0847. The van der Waals surface area contributed by atoms with E-state index in [1.807, 2.05) is 0 Å². The Bertz CT molecular complexity index is 6470. The number of aromatic nitrogens is 1. The molecule has 0 spiro atoms. The zero-order chi connectivity index (χ0) is 85.5. The van der Waals surface area contributed by atoms with E-state index in [0.29, 0.717) is 38.0 Å². The maximum absolute atomic E-state index is 9.22. The Labute approximate surface area is 707 Å². The molecule has 16 aromatic rings. The molecule has 0 N–H and O–H groups in total. The lowest BCUT2D eigenvalue weighted by Gasteiger charge is -2.45. The summed E-state index contributed by atoms with van der Waals surface area (Å²) < 4.78 is 47.2. The summed E-state index contributed by atoms with van der Waals surface area (Å²) in [6.45, 7) is 29.4. The normalized spacial score (nSPS) is 13.4. The van der Waals surface area contributed by atoms with Gasteiger partial charge in [0.2, 0.25) is 0 Å². The van der Waals surface area contributed by atoms with Gasteiger partial charge in [-0.05, 0) is 242 Å². The van der Waals surface area contributed by atoms with Gasteiger partial charge < -0.3 is 19.3 Å². The van der Waals surface area contributed by atoms with Gasteiger partial charge in [0.25, 0.3) is 6.71 Å². The Hall–Kier alpha value is -12.4. The molecule has 0 unspecified atom stereocenters. The van der Waals surface area contributed by atoms with Crippen LogP contribution < -0.4 is 31.1 Å². The SMILES string of the molecule is [2H]c1c([2H])c([2H])c(CCc2ccc3c(c2)N(CCc2c(-c4ccccc4)cc(C(C)(C)C)cc2-c2ccccc2)c2cc(Cn4c5ccccc5c5cc(N(c6ccccc6)c6ccccc6)ccc54)cc4c2B3c2ccc(Cc3cc(C(C)(C)C)cc(C(C)(C)C)c3)cc2N4Cc2c(-c3ccccc3)cc(C(C)(C)C)cc2-c2ccccc2)c([2H])c1[2H]. The number of nitrogens with zero attached hydrogens (tertiary/aromatic N) is 4. The number of benzene rings is 15. The van der Waals surface area contributed by atoms with Crippen LogP contribution in [0.3, 0.4) is 0 Å². The quantitative estimate of drug-likeness (QED) is 0.0750. The number of fused-ring (bicyclic) bond motifs is 7. The fraction of sp³-hybridized carbons (Fsp3) is 0.204. The molecule has 15 aromatic carbocycles. The summed E-state index contributed by atoms with van der Waals surface area (Å²) in [4.78, 5) is 7.76. The van der Waals surface area contributed by atoms with Gasteiger partial charge in [0.15, 0.2) is 0 Å². The summed E-state index contributed by atoms with van der Waals surface area (Å²) in [5, 5.41) is 2.34. The zero-order valence-corrected chi connectivity index (χ0v) is 70.3. The number of hydrogen-bond donors (Lipinski definition) is 0. The van der Waals surface area contributed by atoms with Crippen molar-refractivity contribution in [1.29, 1.82) is 0 Å². The van der Waals surface area contributed by atoms with E-state index in [-0.39, 0.29) is 65.0 Å². The Kier molecular flexibility index (Phi) is 18.8. The molecule has 0 radical (unpaired) electrons. The number of rotatable bonds is 19. The van der Waals surface area contributed by atoms with E-state index in [0.717, 1.165) is 79.5 Å². The second-order valence-corrected chi connectivity index (χ2v) is 36.8. The molecule has 5 heteroatoms. The molecule has 4 nitrogen and oxygen atoms in total. The fourth-order valence-corrected chi connectivity index (χ4v) is 18.3. The highest BCUT2D eigenvalue weighted by molar-refractivity contribution is 7.00. The van der Waals surface area contributed by atoms with Gasteiger partial charge in [0.1, 0.15) is 0 Å². The lowest BCUT2D eigenvalue weighted by atomic mass is 9.33. The van der Waals surface area contributed by atoms with Crippen LogP contribution in [-0.2, 0) is 60.4 Å². The molecule has 0 saturated heterocycles. The predicted octanol–water partition coefficient (Wildman–Crippen LogP) is 27.4. The first-order valence-corrected chi connectivity index (χ1v) is 42.3. The molecule has 1 aromatic heterocycles. The van der Waals surface area contributed by atoms with Gasteiger partial charge in [-0.15, -0.1) is 0 Å². The third-order valence-electron chi connectivity index (χ3n) is 24.7. The highest BCUT2D eigenvalue weighted by Gasteiger charge is 2.44. The van der Waals surface area contributed by atoms with Gasteiger partial charge in [-0.1, -0.05) is 356 Å². The first kappa shape index (κ1) is 70.9. The van der Waals surface area contributed by atoms with Crippen molar-refractivity contribution < 1.29 is 6.85 Å². The topological polar surface area (TPSA) is 14.7 Å². The smallest absolute Gasteiger partial charge is 0.252 e. The second kappa shape index (κ2) is 31.2. The van der Waals surface area contributed by atoms with Gasteiger partial charge in [-0.2, -0.15) is 0 Å². The molecule has 3 heterocycles. The van der Waals surface area contributed by atoms with Crippen molar-refractivity contribution >= 4 is 84.7 Å². The van der Waals surface area contributed by atoms with Crippen LogP contribution in [0, 0.1) is 0 Å². The Balaban J connectivity index is 0.924. The van der Waals surface area contributed by atoms with Gasteiger partial charge in [-0.3, -0.25) is 0 Å². The number of aryl methyl sites for hydroxylation is 1. The van der Waals surface area contributed by atoms with Crippen molar-refractivity contribution in [1.82, 2.24) is 4.57 Å². The molecule has 2 aliphatic rings. The number of anilines is 7. The van der Waals surface area contributed by atoms with Crippen LogP contribution in [0.25, 0.3) is 66.3 Å². The second-order valence-electron chi connectivity index (χ2n) is 36.8. The minimum Gasteiger partial charge on any atom is -0.342 e. The molecule has 0 aliphatic carbocycles. The van der Waals surface area contributed by atoms with Gasteiger partial charge >= 0.3 is 0 Å². The molecule has 0 atom stereocenters. The lowest BCUT2D eigenvalue weighted by Crippen LogP contribution is -2.62. The Morgan fingerprint density at radius 1 is 0.305 bits per heavy atom. The zero-order valence-electron chi connectivity index (χ0n) is 75.3. The van der Waals surface area contributed by atoms with E-state index in [2.05, 4.69) is 418 Å². The number of para-hydroxylation sites is 3. The third-order valence-corrected chi connectivity index (χ3v) is 24.7. The number of hydrogen-bond acceptors (Lipinski definition) is 3. The maximum Gasteiger partial charge on any atom is 0.252 e. The first-order chi connectivity index (χ1) is 59.1. The van der Waals surface area contributed by atoms with Crippen molar-refractivity contribution in [3.63, 3.8) is 0 Å². The molecule has 118 heavy (non-hydrogen) atoms. The third kappa shape index (κ3) is 15.2. The predicted molar refractivity (Wildman–Crippen MR) is 506 cm³/mol. The van der Waals surface area contributed by atoms with Crippen molar-refractivity contribution in [3.8, 4) is 44.5 Å². The van der Waals surface area contributed by atoms with Gasteiger partial charge in [0, 0.05) is 81.3 Å². The van der Waals surface area contributed by atoms with E-state index in [9.17, 15) is 2.74 Å². The summed E-state index contributed by atoms with van der Waals surface area (Å²) in [5.41, 5.74) is 35.3. The van der Waals surface area contributed by atoms with Crippen LogP contribution in [-0.4, -0.2) is 17.8 Å². The van der Waals surface area contributed by atoms with Crippen molar-refractivity contribution in [2.75, 3.05) is 21.2 Å². The molecule has 2 aliphatic heterocycles. The van der Waals surface area contributed by atoms with Crippen molar-refractivity contribution in [2.24, 2.45) is 0 Å². The highest BCUT2D eigenvalue weighted by atomic mass is 15.2. The molecule has 0 saturated carbocycles. The summed E-state index contributed by atoms with van der Waals surface area (Å²) in [6.07, 6.45) is 2.07. The van der Waals surface area contributed by atoms with Crippen LogP contribution in [0.1, 0.15) is 151 Å². The summed E-state index contributed by atoms with van der Waals surface area (Å²) in [6, 6.07) is 117. The molecule has 0 amide bonds. The summed E-state index contributed by atoms with van der Waals surface area (Å²) >= 11 is 0. The Morgan fingerprint density at radius 3 is 1.23 bits per heavy atom. The van der Waals surface area contributed by atoms with E-state index in [1.54, 1.807) is 0 Å². The monoisotopic (exact) mass is 1540 g/mol. The molecule has 582 valence electrons. The van der Waals surface area contributed by atoms with Gasteiger partial charge in [0.05, 0.1) is 6.85 Å². The fourth-order valence-electron chi connectivity index (χ4n) is 18.3. The molecular weight excluding hydrogens is 1420 g/mol. The highest BCUT2D eigenvalue weighted by Crippen LogP contribution is 2.48. The van der Waals surface area contributed by atoms with Crippen LogP contribution in [0.2, 0.25) is 0 Å². The summed E-state index contributed by atoms with van der Waals surface area (Å²) in [7, 11) is 0. The summed E-state index contributed by atoms with van der Waals surface area (Å²) in [5.74, 6) is 0. The Morgan fingerprint density at radius 2 is 0.720 bits per heavy atom. The van der Waals surface area contributed by atoms with Crippen LogP contribution in [0.15, 0.2) is 346 Å². The average Bonchev–Trinajstić information content (AvgIpc) is 0.854. The molecule has 0 fully saturated rings.